The Morgan fingerprint density at radius 1 is 1.04 bits per heavy atom. The zero-order chi connectivity index (χ0) is 17.8. The van der Waals surface area contributed by atoms with E-state index in [1.54, 1.807) is 36.4 Å². The third-order valence-corrected chi connectivity index (χ3v) is 4.40. The van der Waals surface area contributed by atoms with Gasteiger partial charge >= 0.3 is 0 Å². The summed E-state index contributed by atoms with van der Waals surface area (Å²) >= 11 is 5.87. The van der Waals surface area contributed by atoms with Crippen LogP contribution in [0.1, 0.15) is 30.0 Å². The monoisotopic (exact) mass is 351 g/mol. The van der Waals surface area contributed by atoms with E-state index in [0.717, 1.165) is 29.5 Å². The summed E-state index contributed by atoms with van der Waals surface area (Å²) in [6.07, 6.45) is 5.01. The van der Waals surface area contributed by atoms with Gasteiger partial charge in [0.1, 0.15) is 0 Å². The summed E-state index contributed by atoms with van der Waals surface area (Å²) in [5.41, 5.74) is 4.43. The van der Waals surface area contributed by atoms with Gasteiger partial charge in [0.15, 0.2) is 5.78 Å². The first-order valence-electron chi connectivity index (χ1n) is 8.11. The minimum absolute atomic E-state index is 0.200. The maximum atomic E-state index is 12.4. The Morgan fingerprint density at radius 2 is 1.76 bits per heavy atom. The average Bonchev–Trinajstić information content (AvgIpc) is 2.99. The first-order chi connectivity index (χ1) is 12.0. The van der Waals surface area contributed by atoms with Crippen LogP contribution in [0.25, 0.3) is 11.6 Å². The van der Waals surface area contributed by atoms with E-state index in [1.807, 2.05) is 18.2 Å². The highest BCUT2D eigenvalue weighted by molar-refractivity contribution is 6.30. The van der Waals surface area contributed by atoms with Gasteiger partial charge in [-0.05, 0) is 53.3 Å². The van der Waals surface area contributed by atoms with Gasteiger partial charge in [0.2, 0.25) is 5.91 Å². The van der Waals surface area contributed by atoms with Crippen LogP contribution in [0.15, 0.2) is 60.3 Å². The molecule has 0 atom stereocenters. The first kappa shape index (κ1) is 17.2. The molecule has 2 aromatic carbocycles. The molecular weight excluding hydrogens is 334 g/mol. The van der Waals surface area contributed by atoms with Crippen LogP contribution in [-0.4, -0.2) is 11.7 Å². The fourth-order valence-corrected chi connectivity index (χ4v) is 3.01. The fraction of sp³-hybridized carbons (Fsp3) is 0.143. The Morgan fingerprint density at radius 3 is 2.48 bits per heavy atom. The second-order valence-corrected chi connectivity index (χ2v) is 6.42. The van der Waals surface area contributed by atoms with Crippen LogP contribution in [0.5, 0.6) is 0 Å². The second kappa shape index (κ2) is 7.49. The number of halogens is 1. The number of allylic oxidation sites excluding steroid dienone is 2. The summed E-state index contributed by atoms with van der Waals surface area (Å²) in [6.45, 7) is 1.43. The molecule has 0 fully saturated rings. The molecule has 0 unspecified atom stereocenters. The third-order valence-electron chi connectivity index (χ3n) is 4.15. The summed E-state index contributed by atoms with van der Waals surface area (Å²) < 4.78 is 0. The molecule has 3 rings (SSSR count). The van der Waals surface area contributed by atoms with Crippen molar-refractivity contribution in [3.05, 3.63) is 82.0 Å². The molecule has 0 saturated heterocycles. The third kappa shape index (κ3) is 4.25. The van der Waals surface area contributed by atoms with Crippen LogP contribution in [-0.2, 0) is 16.0 Å². The van der Waals surface area contributed by atoms with Gasteiger partial charge in [-0.2, -0.15) is 0 Å². The lowest BCUT2D eigenvalue weighted by Gasteiger charge is -2.06. The number of rotatable bonds is 4. The van der Waals surface area contributed by atoms with E-state index < -0.39 is 0 Å². The summed E-state index contributed by atoms with van der Waals surface area (Å²) in [5.74, 6) is -0.490. The van der Waals surface area contributed by atoms with E-state index in [-0.39, 0.29) is 17.4 Å². The van der Waals surface area contributed by atoms with Crippen molar-refractivity contribution in [1.29, 1.82) is 0 Å². The maximum absolute atomic E-state index is 12.4. The van der Waals surface area contributed by atoms with Gasteiger partial charge in [0.25, 0.3) is 0 Å². The lowest BCUT2D eigenvalue weighted by molar-refractivity contribution is -0.119. The number of hydrogen-bond acceptors (Lipinski definition) is 2. The van der Waals surface area contributed by atoms with Crippen molar-refractivity contribution in [1.82, 2.24) is 5.32 Å². The summed E-state index contributed by atoms with van der Waals surface area (Å²) in [5, 5.41) is 3.32. The van der Waals surface area contributed by atoms with Crippen molar-refractivity contribution < 1.29 is 9.59 Å². The molecule has 0 aromatic heterocycles. The Kier molecular flexibility index (Phi) is 5.15. The average molecular weight is 352 g/mol. The van der Waals surface area contributed by atoms with Crippen molar-refractivity contribution >= 4 is 34.9 Å². The fourth-order valence-electron chi connectivity index (χ4n) is 2.88. The highest BCUT2D eigenvalue weighted by atomic mass is 35.5. The van der Waals surface area contributed by atoms with Crippen molar-refractivity contribution in [3.8, 4) is 0 Å². The number of amides is 1. The van der Waals surface area contributed by atoms with Crippen molar-refractivity contribution in [2.45, 2.75) is 19.8 Å². The number of benzene rings is 2. The SMILES string of the molecule is CC(=O)/C(=C\c1ccc(Cl)cc1)NC(=O)/C=C1\CCc2ccccc21. The highest BCUT2D eigenvalue weighted by Gasteiger charge is 2.17. The van der Waals surface area contributed by atoms with Gasteiger partial charge in [-0.15, -0.1) is 0 Å². The van der Waals surface area contributed by atoms with E-state index in [0.29, 0.717) is 5.02 Å². The number of carbonyl (C=O) groups excluding carboxylic acids is 2. The summed E-state index contributed by atoms with van der Waals surface area (Å²) in [6, 6.07) is 15.1. The van der Waals surface area contributed by atoms with Gasteiger partial charge in [-0.1, -0.05) is 48.0 Å². The number of aryl methyl sites for hydroxylation is 1. The highest BCUT2D eigenvalue weighted by Crippen LogP contribution is 2.31. The minimum atomic E-state index is -0.290. The Balaban J connectivity index is 1.79. The Hall–Kier alpha value is -2.65. The van der Waals surface area contributed by atoms with Crippen LogP contribution < -0.4 is 5.32 Å². The molecule has 126 valence electrons. The van der Waals surface area contributed by atoms with Gasteiger partial charge in [0.05, 0.1) is 5.70 Å². The normalized spacial score (nSPS) is 15.1. The second-order valence-electron chi connectivity index (χ2n) is 5.98. The maximum Gasteiger partial charge on any atom is 0.248 e. The zero-order valence-electron chi connectivity index (χ0n) is 13.9. The molecule has 1 N–H and O–H groups in total. The molecular formula is C21H18ClNO2. The molecule has 1 aliphatic carbocycles. The lowest BCUT2D eigenvalue weighted by atomic mass is 10.1. The predicted molar refractivity (Wildman–Crippen MR) is 101 cm³/mol. The molecule has 0 spiro atoms. The van der Waals surface area contributed by atoms with E-state index in [4.69, 9.17) is 11.6 Å². The molecule has 3 nitrogen and oxygen atoms in total. The van der Waals surface area contributed by atoms with E-state index in [9.17, 15) is 9.59 Å². The van der Waals surface area contributed by atoms with Crippen molar-refractivity contribution in [2.75, 3.05) is 0 Å². The lowest BCUT2D eigenvalue weighted by Crippen LogP contribution is -2.24. The number of fused-ring (bicyclic) bond motifs is 1. The van der Waals surface area contributed by atoms with Crippen LogP contribution in [0.4, 0.5) is 0 Å². The number of carbonyl (C=O) groups is 2. The Bertz CT molecular complexity index is 879. The zero-order valence-corrected chi connectivity index (χ0v) is 14.6. The van der Waals surface area contributed by atoms with Crippen LogP contribution in [0.3, 0.4) is 0 Å². The topological polar surface area (TPSA) is 46.2 Å². The van der Waals surface area contributed by atoms with Crippen LogP contribution >= 0.6 is 11.6 Å². The van der Waals surface area contributed by atoms with Gasteiger partial charge in [0, 0.05) is 18.0 Å². The van der Waals surface area contributed by atoms with Gasteiger partial charge in [-0.25, -0.2) is 0 Å². The molecule has 0 bridgehead atoms. The van der Waals surface area contributed by atoms with Crippen molar-refractivity contribution in [3.63, 3.8) is 0 Å². The molecule has 25 heavy (non-hydrogen) atoms. The number of ketones is 1. The predicted octanol–water partition coefficient (Wildman–Crippen LogP) is 4.42. The summed E-state index contributed by atoms with van der Waals surface area (Å²) in [7, 11) is 0. The molecule has 0 radical (unpaired) electrons. The largest absolute Gasteiger partial charge is 0.319 e. The van der Waals surface area contributed by atoms with Crippen LogP contribution in [0.2, 0.25) is 5.02 Å². The molecule has 1 amide bonds. The van der Waals surface area contributed by atoms with Crippen LogP contribution in [0, 0.1) is 0 Å². The molecule has 2 aromatic rings. The van der Waals surface area contributed by atoms with Gasteiger partial charge in [-0.3, -0.25) is 9.59 Å². The molecule has 0 heterocycles. The minimum Gasteiger partial charge on any atom is -0.319 e. The van der Waals surface area contributed by atoms with E-state index >= 15 is 0 Å². The molecule has 0 aliphatic heterocycles. The molecule has 1 aliphatic rings. The van der Waals surface area contributed by atoms with Crippen molar-refractivity contribution in [2.24, 2.45) is 0 Å². The smallest absolute Gasteiger partial charge is 0.248 e. The standard InChI is InChI=1S/C21H18ClNO2/c1-14(24)20(12-15-6-10-18(22)11-7-15)23-21(25)13-17-9-8-16-4-2-3-5-19(16)17/h2-7,10-13H,8-9H2,1H3,(H,23,25)/b17-13+,20-12+. The van der Waals surface area contributed by atoms with Gasteiger partial charge < -0.3 is 5.32 Å². The number of Topliss-reactive ketones (excluding diaryl/α,β-unsaturated/α-hetero) is 1. The first-order valence-corrected chi connectivity index (χ1v) is 8.49. The number of nitrogens with one attached hydrogen (secondary N) is 1. The number of hydrogen-bond donors (Lipinski definition) is 1. The van der Waals surface area contributed by atoms with E-state index in [2.05, 4.69) is 11.4 Å². The van der Waals surface area contributed by atoms with E-state index in [1.165, 1.54) is 12.5 Å². The molecule has 4 heteroatoms. The molecule has 0 saturated carbocycles. The quantitative estimate of drug-likeness (QED) is 0.829. The Labute approximate surface area is 152 Å². The summed E-state index contributed by atoms with van der Waals surface area (Å²) in [4.78, 5) is 24.2.